The topological polar surface area (TPSA) is 180 Å². The van der Waals surface area contributed by atoms with Crippen molar-refractivity contribution in [3.8, 4) is 0 Å². The number of amides is 4. The second-order valence-corrected chi connectivity index (χ2v) is 15.7. The lowest BCUT2D eigenvalue weighted by atomic mass is 9.77. The molecule has 1 aromatic carbocycles. The molecule has 0 bridgehead atoms. The van der Waals surface area contributed by atoms with Gasteiger partial charge in [-0.15, -0.1) is 0 Å². The third kappa shape index (κ3) is 11.5. The van der Waals surface area contributed by atoms with Crippen molar-refractivity contribution in [2.75, 3.05) is 20.3 Å². The van der Waals surface area contributed by atoms with Crippen LogP contribution in [0.1, 0.15) is 115 Å². The molecule has 3 aliphatic rings. The van der Waals surface area contributed by atoms with E-state index in [2.05, 4.69) is 22.0 Å². The zero-order valence-corrected chi connectivity index (χ0v) is 31.4. The maximum Gasteiger partial charge on any atom is 0.410 e. The fourth-order valence-corrected chi connectivity index (χ4v) is 7.73. The summed E-state index contributed by atoms with van der Waals surface area (Å²) in [7, 11) is 1.49. The second kappa shape index (κ2) is 18.7. The predicted molar refractivity (Wildman–Crippen MR) is 193 cm³/mol. The van der Waals surface area contributed by atoms with E-state index in [9.17, 15) is 28.8 Å². The number of likely N-dealkylation sites (N-methyl/N-ethyl adjacent to an activating group) is 1. The SMILES string of the molecule is CC(C(=O)NC(C(=O)C1C[C@@H](NC(=O)CCOCCC(=O)O)C[C@H]1C(=O)N[C@@H]1CCCc2ccccc21)C1CCCCC1)N(C)C(=O)OC(C)(C)C. The second-order valence-electron chi connectivity index (χ2n) is 15.7. The number of carbonyl (C=O) groups is 6. The van der Waals surface area contributed by atoms with E-state index in [1.807, 2.05) is 18.2 Å². The Kier molecular flexibility index (Phi) is 14.6. The molecule has 3 aliphatic carbocycles. The van der Waals surface area contributed by atoms with Gasteiger partial charge in [0, 0.05) is 31.3 Å². The zero-order chi connectivity index (χ0) is 38.0. The van der Waals surface area contributed by atoms with Gasteiger partial charge in [0.1, 0.15) is 11.6 Å². The summed E-state index contributed by atoms with van der Waals surface area (Å²) >= 11 is 0. The molecule has 0 aromatic heterocycles. The number of Topliss-reactive ketones (excluding diaryl/α,β-unsaturated/α-hetero) is 1. The highest BCUT2D eigenvalue weighted by Gasteiger charge is 2.47. The lowest BCUT2D eigenvalue weighted by Gasteiger charge is -2.35. The number of carboxylic acids is 1. The summed E-state index contributed by atoms with van der Waals surface area (Å²) in [6.45, 7) is 6.87. The number of hydrogen-bond donors (Lipinski definition) is 4. The van der Waals surface area contributed by atoms with Crippen LogP contribution in [-0.2, 0) is 39.9 Å². The Morgan fingerprint density at radius 1 is 0.904 bits per heavy atom. The molecule has 4 rings (SSSR count). The Balaban J connectivity index is 1.54. The summed E-state index contributed by atoms with van der Waals surface area (Å²) in [5.41, 5.74) is 1.52. The number of hydrogen-bond acceptors (Lipinski definition) is 8. The maximum absolute atomic E-state index is 14.7. The number of rotatable bonds is 15. The fraction of sp³-hybridized carbons (Fsp3) is 0.692. The van der Waals surface area contributed by atoms with E-state index in [4.69, 9.17) is 14.6 Å². The third-order valence-electron chi connectivity index (χ3n) is 10.6. The van der Waals surface area contributed by atoms with Crippen LogP contribution in [0, 0.1) is 17.8 Å². The van der Waals surface area contributed by atoms with Crippen LogP contribution in [0.3, 0.4) is 0 Å². The van der Waals surface area contributed by atoms with Gasteiger partial charge in [-0.2, -0.15) is 0 Å². The molecule has 0 radical (unpaired) electrons. The van der Waals surface area contributed by atoms with Crippen molar-refractivity contribution in [3.05, 3.63) is 35.4 Å². The summed E-state index contributed by atoms with van der Waals surface area (Å²) in [5.74, 6) is -3.89. The van der Waals surface area contributed by atoms with Crippen LogP contribution in [0.5, 0.6) is 0 Å². The number of nitrogens with one attached hydrogen (secondary N) is 3. The highest BCUT2D eigenvalue weighted by Crippen LogP contribution is 2.38. The van der Waals surface area contributed by atoms with E-state index in [-0.39, 0.29) is 68.5 Å². The Bertz CT molecular complexity index is 1440. The standard InChI is InChI=1S/C39H58N4O9/c1-24(43(5)38(50)52-39(2,3)4)36(48)42-34(26-13-7-6-8-14-26)35(47)29-22-27(40-32(44)18-20-51-21-19-33(45)46)23-30(29)37(49)41-31-17-11-15-25-12-9-10-16-28(25)31/h9-10,12,16,24,26-27,29-31,34H,6-8,11,13-15,17-23H2,1-5H3,(H,40,44)(H,41,49)(H,42,48)(H,45,46)/t24?,27-,29?,30-,31-,34?/m1/s1. The number of benzene rings is 1. The molecule has 4 amide bonds. The van der Waals surface area contributed by atoms with Gasteiger partial charge in [0.25, 0.3) is 0 Å². The molecule has 0 saturated heterocycles. The molecule has 0 aliphatic heterocycles. The van der Waals surface area contributed by atoms with E-state index < -0.39 is 53.5 Å². The van der Waals surface area contributed by atoms with E-state index in [1.54, 1.807) is 27.7 Å². The molecule has 288 valence electrons. The Labute approximate surface area is 307 Å². The minimum absolute atomic E-state index is 0.00435. The van der Waals surface area contributed by atoms with Gasteiger partial charge in [-0.05, 0) is 89.7 Å². The summed E-state index contributed by atoms with van der Waals surface area (Å²) in [6, 6.07) is 5.61. The minimum Gasteiger partial charge on any atom is -0.481 e. The van der Waals surface area contributed by atoms with Crippen molar-refractivity contribution in [2.24, 2.45) is 17.8 Å². The number of ketones is 1. The summed E-state index contributed by atoms with van der Waals surface area (Å²) in [6.07, 6.45) is 6.68. The summed E-state index contributed by atoms with van der Waals surface area (Å²) in [4.78, 5) is 80.3. The van der Waals surface area contributed by atoms with Crippen LogP contribution in [0.25, 0.3) is 0 Å². The number of fused-ring (bicyclic) bond motifs is 1. The molecule has 3 unspecified atom stereocenters. The Morgan fingerprint density at radius 3 is 2.27 bits per heavy atom. The molecule has 52 heavy (non-hydrogen) atoms. The van der Waals surface area contributed by atoms with Crippen LogP contribution in [-0.4, -0.2) is 89.6 Å². The average Bonchev–Trinajstić information content (AvgIpc) is 3.52. The van der Waals surface area contributed by atoms with E-state index in [1.165, 1.54) is 17.5 Å². The first kappa shape index (κ1) is 40.8. The zero-order valence-electron chi connectivity index (χ0n) is 31.4. The molecule has 13 nitrogen and oxygen atoms in total. The van der Waals surface area contributed by atoms with E-state index >= 15 is 0 Å². The normalized spacial score (nSPS) is 23.0. The van der Waals surface area contributed by atoms with Crippen molar-refractivity contribution in [2.45, 2.75) is 135 Å². The van der Waals surface area contributed by atoms with Gasteiger partial charge >= 0.3 is 12.1 Å². The quantitative estimate of drug-likeness (QED) is 0.190. The molecule has 4 N–H and O–H groups in total. The first-order valence-electron chi connectivity index (χ1n) is 18.9. The van der Waals surface area contributed by atoms with Crippen molar-refractivity contribution in [1.29, 1.82) is 0 Å². The highest BCUT2D eigenvalue weighted by molar-refractivity contribution is 5.96. The van der Waals surface area contributed by atoms with Gasteiger partial charge in [0.05, 0.1) is 31.7 Å². The summed E-state index contributed by atoms with van der Waals surface area (Å²) < 4.78 is 10.8. The van der Waals surface area contributed by atoms with Gasteiger partial charge in [-0.3, -0.25) is 28.9 Å². The molecule has 0 heterocycles. The maximum atomic E-state index is 14.7. The third-order valence-corrected chi connectivity index (χ3v) is 10.6. The molecule has 1 aromatic rings. The Morgan fingerprint density at radius 2 is 1.58 bits per heavy atom. The molecular formula is C39H58N4O9. The van der Waals surface area contributed by atoms with Gasteiger partial charge in [0.2, 0.25) is 17.7 Å². The van der Waals surface area contributed by atoms with Crippen molar-refractivity contribution in [1.82, 2.24) is 20.9 Å². The number of nitrogens with zero attached hydrogens (tertiary/aromatic N) is 1. The van der Waals surface area contributed by atoms with Crippen LogP contribution >= 0.6 is 0 Å². The lowest BCUT2D eigenvalue weighted by Crippen LogP contribution is -2.55. The highest BCUT2D eigenvalue weighted by atomic mass is 16.6. The summed E-state index contributed by atoms with van der Waals surface area (Å²) in [5, 5.41) is 18.0. The number of carbonyl (C=O) groups excluding carboxylic acids is 5. The van der Waals surface area contributed by atoms with E-state index in [0.29, 0.717) is 0 Å². The molecule has 0 spiro atoms. The van der Waals surface area contributed by atoms with Gasteiger partial charge in [0.15, 0.2) is 5.78 Å². The lowest BCUT2D eigenvalue weighted by molar-refractivity contribution is -0.138. The van der Waals surface area contributed by atoms with Crippen molar-refractivity contribution < 1.29 is 43.3 Å². The first-order chi connectivity index (χ1) is 24.6. The van der Waals surface area contributed by atoms with Crippen molar-refractivity contribution in [3.63, 3.8) is 0 Å². The molecular weight excluding hydrogens is 668 g/mol. The Hall–Kier alpha value is -4.00. The number of aryl methyl sites for hydroxylation is 1. The molecule has 2 fully saturated rings. The van der Waals surface area contributed by atoms with Crippen LogP contribution in [0.15, 0.2) is 24.3 Å². The smallest absolute Gasteiger partial charge is 0.410 e. The van der Waals surface area contributed by atoms with Crippen molar-refractivity contribution >= 4 is 35.6 Å². The first-order valence-corrected chi connectivity index (χ1v) is 18.9. The largest absolute Gasteiger partial charge is 0.481 e. The molecule has 6 atom stereocenters. The number of aliphatic carboxylic acids is 1. The van der Waals surface area contributed by atoms with Crippen LogP contribution in [0.4, 0.5) is 4.79 Å². The van der Waals surface area contributed by atoms with Crippen LogP contribution in [0.2, 0.25) is 0 Å². The van der Waals surface area contributed by atoms with Gasteiger partial charge in [-0.25, -0.2) is 4.79 Å². The molecule has 2 saturated carbocycles. The van der Waals surface area contributed by atoms with Gasteiger partial charge in [-0.1, -0.05) is 43.5 Å². The number of ether oxygens (including phenoxy) is 2. The minimum atomic E-state index is -0.987. The average molecular weight is 727 g/mol. The molecule has 13 heteroatoms. The van der Waals surface area contributed by atoms with Crippen LogP contribution < -0.4 is 16.0 Å². The van der Waals surface area contributed by atoms with E-state index in [0.717, 1.165) is 56.9 Å². The van der Waals surface area contributed by atoms with Gasteiger partial charge < -0.3 is 30.5 Å². The predicted octanol–water partition coefficient (Wildman–Crippen LogP) is 4.46. The fourth-order valence-electron chi connectivity index (χ4n) is 7.73. The number of carboxylic acid groups (broad SMARTS) is 1. The monoisotopic (exact) mass is 726 g/mol.